The Hall–Kier alpha value is -1.35. The summed E-state index contributed by atoms with van der Waals surface area (Å²) in [6, 6.07) is 2.67. The Kier molecular flexibility index (Phi) is 4.75. The van der Waals surface area contributed by atoms with Gasteiger partial charge in [0.2, 0.25) is 6.10 Å². The van der Waals surface area contributed by atoms with Gasteiger partial charge in [0.05, 0.1) is 12.3 Å². The van der Waals surface area contributed by atoms with Crippen molar-refractivity contribution in [3.63, 3.8) is 0 Å². The number of rotatable bonds is 4. The minimum Gasteiger partial charge on any atom is -0.356 e. The van der Waals surface area contributed by atoms with Gasteiger partial charge in [-0.3, -0.25) is 4.98 Å². The van der Waals surface area contributed by atoms with Gasteiger partial charge in [0.25, 0.3) is 0 Å². The minimum absolute atomic E-state index is 0.0866. The number of hydrogen-bond acceptors (Lipinski definition) is 3. The van der Waals surface area contributed by atoms with Gasteiger partial charge in [0.1, 0.15) is 0 Å². The van der Waals surface area contributed by atoms with E-state index in [0.717, 1.165) is 0 Å². The Morgan fingerprint density at radius 1 is 1.16 bits per heavy atom. The highest BCUT2D eigenvalue weighted by Crippen LogP contribution is 2.36. The molecule has 0 unspecified atom stereocenters. The van der Waals surface area contributed by atoms with Crippen LogP contribution in [-0.2, 0) is 17.9 Å². The van der Waals surface area contributed by atoms with Crippen molar-refractivity contribution in [1.29, 1.82) is 0 Å². The smallest absolute Gasteiger partial charge is 0.356 e. The van der Waals surface area contributed by atoms with E-state index in [-0.39, 0.29) is 17.8 Å². The molecule has 0 saturated carbocycles. The number of nitrogens with two attached hydrogens (primary N) is 1. The normalized spacial score (nSPS) is 13.1. The summed E-state index contributed by atoms with van der Waals surface area (Å²) in [4.78, 5) is 3.73. The molecule has 1 aromatic rings. The van der Waals surface area contributed by atoms with Crippen molar-refractivity contribution in [2.75, 3.05) is 0 Å². The lowest BCUT2D eigenvalue weighted by atomic mass is 10.2. The first-order chi connectivity index (χ1) is 8.66. The second kappa shape index (κ2) is 5.74. The van der Waals surface area contributed by atoms with E-state index in [2.05, 4.69) is 9.72 Å². The Morgan fingerprint density at radius 3 is 2.21 bits per heavy atom. The summed E-state index contributed by atoms with van der Waals surface area (Å²) in [7, 11) is 0. The van der Waals surface area contributed by atoms with E-state index < -0.39 is 25.1 Å². The predicted octanol–water partition coefficient (Wildman–Crippen LogP) is 2.55. The van der Waals surface area contributed by atoms with Gasteiger partial charge >= 0.3 is 12.4 Å². The first kappa shape index (κ1) is 15.7. The maximum absolute atomic E-state index is 12.2. The number of halogens is 6. The van der Waals surface area contributed by atoms with Gasteiger partial charge in [-0.25, -0.2) is 0 Å². The molecule has 3 nitrogen and oxygen atoms in total. The average Bonchev–Trinajstić information content (AvgIpc) is 2.26. The lowest BCUT2D eigenvalue weighted by molar-refractivity contribution is -0.324. The average molecular weight is 288 g/mol. The van der Waals surface area contributed by atoms with Crippen LogP contribution in [-0.4, -0.2) is 23.4 Å². The van der Waals surface area contributed by atoms with Crippen molar-refractivity contribution < 1.29 is 31.1 Å². The highest BCUT2D eigenvalue weighted by molar-refractivity contribution is 5.18. The van der Waals surface area contributed by atoms with Crippen molar-refractivity contribution in [2.24, 2.45) is 5.73 Å². The molecule has 0 saturated heterocycles. The van der Waals surface area contributed by atoms with Crippen LogP contribution in [0.25, 0.3) is 0 Å². The lowest BCUT2D eigenvalue weighted by Crippen LogP contribution is -2.44. The molecule has 0 aromatic carbocycles. The molecule has 1 aromatic heterocycles. The minimum atomic E-state index is -5.52. The van der Waals surface area contributed by atoms with Crippen LogP contribution in [0.2, 0.25) is 0 Å². The molecular weight excluding hydrogens is 278 g/mol. The quantitative estimate of drug-likeness (QED) is 0.866. The maximum atomic E-state index is 12.2. The molecule has 9 heteroatoms. The van der Waals surface area contributed by atoms with E-state index in [1.807, 2.05) is 0 Å². The molecule has 0 radical (unpaired) electrons. The molecule has 0 spiro atoms. The van der Waals surface area contributed by atoms with Crippen LogP contribution in [0.1, 0.15) is 11.3 Å². The van der Waals surface area contributed by atoms with Crippen molar-refractivity contribution in [3.05, 3.63) is 29.6 Å². The Bertz CT molecular complexity index is 403. The van der Waals surface area contributed by atoms with Gasteiger partial charge in [-0.05, 0) is 6.07 Å². The van der Waals surface area contributed by atoms with Gasteiger partial charge in [-0.1, -0.05) is 6.07 Å². The van der Waals surface area contributed by atoms with Crippen LogP contribution in [0.4, 0.5) is 26.3 Å². The van der Waals surface area contributed by atoms with Gasteiger partial charge < -0.3 is 10.5 Å². The second-order valence-electron chi connectivity index (χ2n) is 3.59. The van der Waals surface area contributed by atoms with Crippen molar-refractivity contribution in [3.8, 4) is 0 Å². The summed E-state index contributed by atoms with van der Waals surface area (Å²) in [5.41, 5.74) is 5.54. The summed E-state index contributed by atoms with van der Waals surface area (Å²) in [5.74, 6) is 0. The fourth-order valence-corrected chi connectivity index (χ4v) is 1.33. The first-order valence-electron chi connectivity index (χ1n) is 5.04. The number of pyridine rings is 1. The molecule has 0 atom stereocenters. The third kappa shape index (κ3) is 4.35. The van der Waals surface area contributed by atoms with Gasteiger partial charge in [-0.2, -0.15) is 26.3 Å². The Morgan fingerprint density at radius 2 is 1.74 bits per heavy atom. The summed E-state index contributed by atoms with van der Waals surface area (Å²) < 4.78 is 77.2. The van der Waals surface area contributed by atoms with Crippen LogP contribution < -0.4 is 5.73 Å². The number of alkyl halides is 6. The molecule has 0 bridgehead atoms. The van der Waals surface area contributed by atoms with Crippen LogP contribution in [0, 0.1) is 0 Å². The zero-order valence-electron chi connectivity index (χ0n) is 9.42. The largest absolute Gasteiger partial charge is 0.423 e. The van der Waals surface area contributed by atoms with Gasteiger partial charge in [-0.15, -0.1) is 0 Å². The highest BCUT2D eigenvalue weighted by atomic mass is 19.4. The summed E-state index contributed by atoms with van der Waals surface area (Å²) in [5, 5.41) is 0. The van der Waals surface area contributed by atoms with E-state index in [9.17, 15) is 26.3 Å². The molecule has 0 aliphatic carbocycles. The zero-order valence-corrected chi connectivity index (χ0v) is 9.42. The topological polar surface area (TPSA) is 48.1 Å². The van der Waals surface area contributed by atoms with E-state index in [1.54, 1.807) is 0 Å². The van der Waals surface area contributed by atoms with Crippen LogP contribution in [0.5, 0.6) is 0 Å². The monoisotopic (exact) mass is 288 g/mol. The van der Waals surface area contributed by atoms with E-state index in [4.69, 9.17) is 5.73 Å². The molecule has 0 fully saturated rings. The zero-order chi connectivity index (χ0) is 14.7. The third-order valence-electron chi connectivity index (χ3n) is 2.18. The molecule has 0 aliphatic rings. The Balaban J connectivity index is 2.83. The van der Waals surface area contributed by atoms with E-state index >= 15 is 0 Å². The van der Waals surface area contributed by atoms with Crippen LogP contribution >= 0.6 is 0 Å². The first-order valence-corrected chi connectivity index (χ1v) is 5.04. The van der Waals surface area contributed by atoms with E-state index in [0.29, 0.717) is 0 Å². The molecular formula is C10H10F6N2O. The number of ether oxygens (including phenoxy) is 1. The summed E-state index contributed by atoms with van der Waals surface area (Å²) >= 11 is 0. The van der Waals surface area contributed by atoms with Crippen molar-refractivity contribution >= 4 is 0 Å². The number of nitrogens with zero attached hydrogens (tertiary/aromatic N) is 1. The molecule has 0 amide bonds. The van der Waals surface area contributed by atoms with E-state index in [1.165, 1.54) is 18.3 Å². The van der Waals surface area contributed by atoms with Crippen LogP contribution in [0.15, 0.2) is 18.3 Å². The fourth-order valence-electron chi connectivity index (χ4n) is 1.33. The molecule has 19 heavy (non-hydrogen) atoms. The third-order valence-corrected chi connectivity index (χ3v) is 2.18. The summed E-state index contributed by atoms with van der Waals surface area (Å²) in [6.07, 6.45) is -13.5. The fraction of sp³-hybridized carbons (Fsp3) is 0.500. The lowest BCUT2D eigenvalue weighted by Gasteiger charge is -2.23. The molecule has 108 valence electrons. The molecule has 1 heterocycles. The second-order valence-corrected chi connectivity index (χ2v) is 3.59. The van der Waals surface area contributed by atoms with Crippen molar-refractivity contribution in [1.82, 2.24) is 4.98 Å². The van der Waals surface area contributed by atoms with Gasteiger partial charge in [0.15, 0.2) is 0 Å². The predicted molar refractivity (Wildman–Crippen MR) is 52.8 cm³/mol. The summed E-state index contributed by atoms with van der Waals surface area (Å²) in [6.45, 7) is -0.980. The van der Waals surface area contributed by atoms with Gasteiger partial charge in [0, 0.05) is 18.3 Å². The Labute approximate surface area is 104 Å². The van der Waals surface area contributed by atoms with Crippen molar-refractivity contribution in [2.45, 2.75) is 31.6 Å². The number of hydrogen-bond donors (Lipinski definition) is 1. The molecule has 0 aliphatic heterocycles. The molecule has 2 N–H and O–H groups in total. The maximum Gasteiger partial charge on any atom is 0.423 e. The molecule has 1 rings (SSSR count). The SMILES string of the molecule is NCc1ncccc1COC(C(F)(F)F)C(F)(F)F. The van der Waals surface area contributed by atoms with Crippen LogP contribution in [0.3, 0.4) is 0 Å². The highest BCUT2D eigenvalue weighted by Gasteiger charge is 2.57. The number of aromatic nitrogens is 1. The standard InChI is InChI=1S/C10H10F6N2O/c11-9(12,13)8(10(14,15)16)19-5-6-2-1-3-18-7(6)4-17/h1-3,8H,4-5,17H2.